The van der Waals surface area contributed by atoms with Crippen LogP contribution in [0.25, 0.3) is 0 Å². The van der Waals surface area contributed by atoms with E-state index >= 15 is 0 Å². The fourth-order valence-corrected chi connectivity index (χ4v) is 2.47. The smallest absolute Gasteiger partial charge is 0.237 e. The van der Waals surface area contributed by atoms with Crippen molar-refractivity contribution in [2.24, 2.45) is 5.73 Å². The van der Waals surface area contributed by atoms with Crippen LogP contribution in [-0.4, -0.2) is 18.1 Å². The summed E-state index contributed by atoms with van der Waals surface area (Å²) in [5, 5.41) is 2.97. The summed E-state index contributed by atoms with van der Waals surface area (Å²) >= 11 is 0. The fraction of sp³-hybridized carbons (Fsp3) is 0.350. The number of nitrogens with one attached hydrogen (secondary N) is 1. The minimum atomic E-state index is -0.557. The van der Waals surface area contributed by atoms with Crippen molar-refractivity contribution < 1.29 is 9.53 Å². The van der Waals surface area contributed by atoms with Gasteiger partial charge >= 0.3 is 0 Å². The SMILES string of the molecule is CC(C)Oc1ccc(C(C)NC(=O)C(N)Cc2ccccc2)cc1. The Labute approximate surface area is 144 Å². The molecule has 128 valence electrons. The van der Waals surface area contributed by atoms with Crippen LogP contribution in [-0.2, 0) is 11.2 Å². The topological polar surface area (TPSA) is 64.3 Å². The molecule has 0 aliphatic rings. The van der Waals surface area contributed by atoms with Gasteiger partial charge in [0.2, 0.25) is 5.91 Å². The quantitative estimate of drug-likeness (QED) is 0.821. The summed E-state index contributed by atoms with van der Waals surface area (Å²) in [4.78, 5) is 12.3. The fourth-order valence-electron chi connectivity index (χ4n) is 2.47. The zero-order chi connectivity index (χ0) is 17.5. The van der Waals surface area contributed by atoms with Gasteiger partial charge in [0.25, 0.3) is 0 Å². The molecule has 0 saturated heterocycles. The van der Waals surface area contributed by atoms with Gasteiger partial charge in [0, 0.05) is 0 Å². The number of rotatable bonds is 7. The highest BCUT2D eigenvalue weighted by Crippen LogP contribution is 2.18. The van der Waals surface area contributed by atoms with Crippen LogP contribution in [0.5, 0.6) is 5.75 Å². The van der Waals surface area contributed by atoms with Gasteiger partial charge in [-0.1, -0.05) is 42.5 Å². The number of nitrogens with two attached hydrogens (primary N) is 1. The Kier molecular flexibility index (Phi) is 6.38. The van der Waals surface area contributed by atoms with E-state index < -0.39 is 6.04 Å². The summed E-state index contributed by atoms with van der Waals surface area (Å²) in [7, 11) is 0. The van der Waals surface area contributed by atoms with Gasteiger partial charge in [0.1, 0.15) is 5.75 Å². The lowest BCUT2D eigenvalue weighted by molar-refractivity contribution is -0.123. The second kappa shape index (κ2) is 8.50. The van der Waals surface area contributed by atoms with Crippen molar-refractivity contribution in [1.82, 2.24) is 5.32 Å². The van der Waals surface area contributed by atoms with Crippen molar-refractivity contribution in [1.29, 1.82) is 0 Å². The van der Waals surface area contributed by atoms with Crippen molar-refractivity contribution in [3.8, 4) is 5.75 Å². The molecule has 2 atom stereocenters. The Balaban J connectivity index is 1.90. The Morgan fingerprint density at radius 3 is 2.25 bits per heavy atom. The largest absolute Gasteiger partial charge is 0.491 e. The Bertz CT molecular complexity index is 638. The maximum Gasteiger partial charge on any atom is 0.237 e. The minimum absolute atomic E-state index is 0.104. The molecule has 2 rings (SSSR count). The number of hydrogen-bond donors (Lipinski definition) is 2. The van der Waals surface area contributed by atoms with Crippen LogP contribution in [0.2, 0.25) is 0 Å². The van der Waals surface area contributed by atoms with E-state index in [1.54, 1.807) is 0 Å². The first-order valence-electron chi connectivity index (χ1n) is 8.32. The number of ether oxygens (including phenoxy) is 1. The van der Waals surface area contributed by atoms with Gasteiger partial charge in [0.15, 0.2) is 0 Å². The predicted molar refractivity (Wildman–Crippen MR) is 96.9 cm³/mol. The Morgan fingerprint density at radius 1 is 1.04 bits per heavy atom. The van der Waals surface area contributed by atoms with E-state index in [0.717, 1.165) is 16.9 Å². The molecule has 0 bridgehead atoms. The lowest BCUT2D eigenvalue weighted by atomic mass is 10.0. The van der Waals surface area contributed by atoms with E-state index in [9.17, 15) is 4.79 Å². The normalized spacial score (nSPS) is 13.4. The van der Waals surface area contributed by atoms with Crippen molar-refractivity contribution in [2.45, 2.75) is 45.4 Å². The van der Waals surface area contributed by atoms with E-state index in [4.69, 9.17) is 10.5 Å². The Hall–Kier alpha value is -2.33. The first kappa shape index (κ1) is 18.0. The molecule has 0 saturated carbocycles. The van der Waals surface area contributed by atoms with Crippen LogP contribution in [0.15, 0.2) is 54.6 Å². The monoisotopic (exact) mass is 326 g/mol. The summed E-state index contributed by atoms with van der Waals surface area (Å²) in [5.41, 5.74) is 8.10. The van der Waals surface area contributed by atoms with E-state index in [1.807, 2.05) is 75.4 Å². The van der Waals surface area contributed by atoms with E-state index in [0.29, 0.717) is 6.42 Å². The number of benzene rings is 2. The molecule has 0 aromatic heterocycles. The third-order valence-electron chi connectivity index (χ3n) is 3.75. The van der Waals surface area contributed by atoms with Gasteiger partial charge in [-0.25, -0.2) is 0 Å². The molecular formula is C20H26N2O2. The second-order valence-corrected chi connectivity index (χ2v) is 6.26. The average molecular weight is 326 g/mol. The zero-order valence-electron chi connectivity index (χ0n) is 14.5. The second-order valence-electron chi connectivity index (χ2n) is 6.26. The van der Waals surface area contributed by atoms with Crippen LogP contribution in [0.4, 0.5) is 0 Å². The molecule has 0 aliphatic heterocycles. The summed E-state index contributed by atoms with van der Waals surface area (Å²) in [6.07, 6.45) is 0.671. The van der Waals surface area contributed by atoms with Gasteiger partial charge in [-0.05, 0) is 50.5 Å². The van der Waals surface area contributed by atoms with Crippen molar-refractivity contribution >= 4 is 5.91 Å². The molecule has 0 fully saturated rings. The summed E-state index contributed by atoms with van der Waals surface area (Å²) in [6.45, 7) is 5.93. The number of hydrogen-bond acceptors (Lipinski definition) is 3. The van der Waals surface area contributed by atoms with E-state index in [-0.39, 0.29) is 18.1 Å². The van der Waals surface area contributed by atoms with Crippen LogP contribution in [0.1, 0.15) is 37.9 Å². The van der Waals surface area contributed by atoms with Crippen LogP contribution in [0, 0.1) is 0 Å². The van der Waals surface area contributed by atoms with Crippen LogP contribution < -0.4 is 15.8 Å². The van der Waals surface area contributed by atoms with E-state index in [1.165, 1.54) is 0 Å². The minimum Gasteiger partial charge on any atom is -0.491 e. The van der Waals surface area contributed by atoms with Crippen LogP contribution >= 0.6 is 0 Å². The van der Waals surface area contributed by atoms with Gasteiger partial charge in [-0.2, -0.15) is 0 Å². The third kappa shape index (κ3) is 5.39. The third-order valence-corrected chi connectivity index (χ3v) is 3.75. The molecule has 1 amide bonds. The standard InChI is InChI=1S/C20H26N2O2/c1-14(2)24-18-11-9-17(10-12-18)15(3)22-20(23)19(21)13-16-7-5-4-6-8-16/h4-12,14-15,19H,13,21H2,1-3H3,(H,22,23). The van der Waals surface area contributed by atoms with Crippen molar-refractivity contribution in [2.75, 3.05) is 0 Å². The van der Waals surface area contributed by atoms with Gasteiger partial charge in [0.05, 0.1) is 18.2 Å². The molecule has 2 aromatic rings. The molecule has 0 radical (unpaired) electrons. The number of amides is 1. The summed E-state index contributed by atoms with van der Waals surface area (Å²) < 4.78 is 5.63. The molecule has 4 nitrogen and oxygen atoms in total. The van der Waals surface area contributed by atoms with Gasteiger partial charge in [-0.15, -0.1) is 0 Å². The molecule has 24 heavy (non-hydrogen) atoms. The zero-order valence-corrected chi connectivity index (χ0v) is 14.5. The first-order valence-corrected chi connectivity index (χ1v) is 8.32. The maximum atomic E-state index is 12.3. The summed E-state index contributed by atoms with van der Waals surface area (Å²) in [5.74, 6) is 0.682. The highest BCUT2D eigenvalue weighted by molar-refractivity contribution is 5.82. The predicted octanol–water partition coefficient (Wildman–Crippen LogP) is 3.22. The highest BCUT2D eigenvalue weighted by Gasteiger charge is 2.17. The maximum absolute atomic E-state index is 12.3. The molecule has 4 heteroatoms. The lowest BCUT2D eigenvalue weighted by Crippen LogP contribution is -2.42. The van der Waals surface area contributed by atoms with Crippen molar-refractivity contribution in [3.05, 3.63) is 65.7 Å². The molecular weight excluding hydrogens is 300 g/mol. The Morgan fingerprint density at radius 2 is 1.67 bits per heavy atom. The molecule has 0 heterocycles. The molecule has 0 spiro atoms. The van der Waals surface area contributed by atoms with Crippen molar-refractivity contribution in [3.63, 3.8) is 0 Å². The molecule has 2 unspecified atom stereocenters. The molecule has 0 aliphatic carbocycles. The van der Waals surface area contributed by atoms with E-state index in [2.05, 4.69) is 5.32 Å². The van der Waals surface area contributed by atoms with Crippen LogP contribution in [0.3, 0.4) is 0 Å². The average Bonchev–Trinajstić information content (AvgIpc) is 2.55. The molecule has 2 aromatic carbocycles. The summed E-state index contributed by atoms with van der Waals surface area (Å²) in [6, 6.07) is 16.9. The number of carbonyl (C=O) groups excluding carboxylic acids is 1. The molecule has 3 N–H and O–H groups in total. The first-order chi connectivity index (χ1) is 11.5. The van der Waals surface area contributed by atoms with Gasteiger partial charge < -0.3 is 15.8 Å². The number of carbonyl (C=O) groups is 1. The lowest BCUT2D eigenvalue weighted by Gasteiger charge is -2.18. The van der Waals surface area contributed by atoms with Gasteiger partial charge in [-0.3, -0.25) is 4.79 Å². The highest BCUT2D eigenvalue weighted by atomic mass is 16.5.